The monoisotopic (exact) mass is 256 g/mol. The fraction of sp³-hybridized carbons (Fsp3) is 0.769. The van der Waals surface area contributed by atoms with Gasteiger partial charge < -0.3 is 14.7 Å². The van der Waals surface area contributed by atoms with Gasteiger partial charge >= 0.3 is 0 Å². The number of amides is 1. The second-order valence-electron chi connectivity index (χ2n) is 4.78. The number of hydrogen-bond acceptors (Lipinski definition) is 4. The summed E-state index contributed by atoms with van der Waals surface area (Å²) in [6, 6.07) is 0. The van der Waals surface area contributed by atoms with Crippen LogP contribution in [0.3, 0.4) is 0 Å². The van der Waals surface area contributed by atoms with Crippen LogP contribution in [0.25, 0.3) is 0 Å². The van der Waals surface area contributed by atoms with Gasteiger partial charge in [0.05, 0.1) is 25.9 Å². The van der Waals surface area contributed by atoms with E-state index in [-0.39, 0.29) is 18.6 Å². The fourth-order valence-corrected chi connectivity index (χ4v) is 2.03. The maximum Gasteiger partial charge on any atom is 0.237 e. The summed E-state index contributed by atoms with van der Waals surface area (Å²) >= 11 is 0. The molecule has 1 rings (SSSR count). The van der Waals surface area contributed by atoms with Crippen molar-refractivity contribution in [3.63, 3.8) is 0 Å². The molecular weight excluding hydrogens is 232 g/mol. The van der Waals surface area contributed by atoms with Crippen molar-refractivity contribution < 1.29 is 14.6 Å². The lowest BCUT2D eigenvalue weighted by Crippen LogP contribution is -2.49. The third-order valence-corrected chi connectivity index (χ3v) is 2.98. The van der Waals surface area contributed by atoms with Crippen LogP contribution in [0.4, 0.5) is 0 Å². The number of aliphatic hydroxyl groups is 1. The van der Waals surface area contributed by atoms with Gasteiger partial charge in [0, 0.05) is 26.2 Å². The van der Waals surface area contributed by atoms with Crippen LogP contribution in [-0.4, -0.2) is 72.9 Å². The normalized spacial score (nSPS) is 20.7. The molecule has 0 aromatic heterocycles. The molecule has 1 unspecified atom stereocenters. The summed E-state index contributed by atoms with van der Waals surface area (Å²) in [5.41, 5.74) is 0.986. The average Bonchev–Trinajstić information content (AvgIpc) is 2.35. The highest BCUT2D eigenvalue weighted by atomic mass is 16.5. The van der Waals surface area contributed by atoms with Crippen LogP contribution in [0.15, 0.2) is 12.2 Å². The van der Waals surface area contributed by atoms with E-state index in [9.17, 15) is 4.79 Å². The fourth-order valence-electron chi connectivity index (χ4n) is 2.03. The Morgan fingerprint density at radius 3 is 2.89 bits per heavy atom. The molecule has 1 N–H and O–H groups in total. The van der Waals surface area contributed by atoms with E-state index in [1.165, 1.54) is 0 Å². The lowest BCUT2D eigenvalue weighted by molar-refractivity contribution is -0.134. The molecule has 104 valence electrons. The molecule has 1 aliphatic heterocycles. The topological polar surface area (TPSA) is 53.0 Å². The van der Waals surface area contributed by atoms with Crippen LogP contribution in [0.2, 0.25) is 0 Å². The number of carbonyl (C=O) groups is 1. The number of ether oxygens (including phenoxy) is 1. The summed E-state index contributed by atoms with van der Waals surface area (Å²) in [5.74, 6) is 0.110. The number of nitrogens with zero attached hydrogens (tertiary/aromatic N) is 2. The molecule has 0 aromatic carbocycles. The molecule has 5 heteroatoms. The van der Waals surface area contributed by atoms with Gasteiger partial charge in [-0.25, -0.2) is 0 Å². The Morgan fingerprint density at radius 1 is 1.61 bits per heavy atom. The summed E-state index contributed by atoms with van der Waals surface area (Å²) in [5, 5.41) is 9.06. The third kappa shape index (κ3) is 4.76. The molecule has 0 aromatic rings. The van der Waals surface area contributed by atoms with E-state index < -0.39 is 0 Å². The van der Waals surface area contributed by atoms with E-state index in [0.717, 1.165) is 12.1 Å². The van der Waals surface area contributed by atoms with E-state index >= 15 is 0 Å². The minimum Gasteiger partial charge on any atom is -0.394 e. The summed E-state index contributed by atoms with van der Waals surface area (Å²) < 4.78 is 5.36. The van der Waals surface area contributed by atoms with Crippen molar-refractivity contribution in [1.82, 2.24) is 9.80 Å². The molecular formula is C13H24N2O3. The van der Waals surface area contributed by atoms with Gasteiger partial charge in [0.1, 0.15) is 0 Å². The van der Waals surface area contributed by atoms with Crippen molar-refractivity contribution in [2.24, 2.45) is 0 Å². The molecule has 1 saturated heterocycles. The van der Waals surface area contributed by atoms with Gasteiger partial charge in [0.25, 0.3) is 0 Å². The summed E-state index contributed by atoms with van der Waals surface area (Å²) in [6.07, 6.45) is -0.164. The number of morpholine rings is 1. The van der Waals surface area contributed by atoms with Crippen LogP contribution in [0, 0.1) is 0 Å². The highest BCUT2D eigenvalue weighted by Crippen LogP contribution is 2.06. The second-order valence-corrected chi connectivity index (χ2v) is 4.78. The highest BCUT2D eigenvalue weighted by molar-refractivity contribution is 5.78. The van der Waals surface area contributed by atoms with E-state index in [1.807, 2.05) is 18.7 Å². The third-order valence-electron chi connectivity index (χ3n) is 2.98. The summed E-state index contributed by atoms with van der Waals surface area (Å²) in [7, 11) is 0. The molecule has 0 spiro atoms. The predicted molar refractivity (Wildman–Crippen MR) is 70.3 cm³/mol. The first-order valence-electron chi connectivity index (χ1n) is 6.43. The van der Waals surface area contributed by atoms with Gasteiger partial charge in [-0.05, 0) is 13.8 Å². The molecule has 1 heterocycles. The number of hydrogen-bond donors (Lipinski definition) is 1. The Hall–Kier alpha value is -0.910. The Kier molecular flexibility index (Phi) is 6.32. The molecule has 0 radical (unpaired) electrons. The van der Waals surface area contributed by atoms with Crippen molar-refractivity contribution in [3.05, 3.63) is 12.2 Å². The maximum absolute atomic E-state index is 12.1. The van der Waals surface area contributed by atoms with Gasteiger partial charge in [-0.3, -0.25) is 9.69 Å². The van der Waals surface area contributed by atoms with E-state index in [0.29, 0.717) is 32.8 Å². The molecule has 0 bridgehead atoms. The lowest BCUT2D eigenvalue weighted by Gasteiger charge is -2.33. The largest absolute Gasteiger partial charge is 0.394 e. The minimum absolute atomic E-state index is 0.00789. The summed E-state index contributed by atoms with van der Waals surface area (Å²) in [4.78, 5) is 15.9. The van der Waals surface area contributed by atoms with Crippen LogP contribution < -0.4 is 0 Å². The zero-order chi connectivity index (χ0) is 13.5. The SMILES string of the molecule is C=C(C)CN(CC)C(=O)CN1CCOC(CO)C1. The van der Waals surface area contributed by atoms with Crippen LogP contribution >= 0.6 is 0 Å². The minimum atomic E-state index is -0.164. The maximum atomic E-state index is 12.1. The van der Waals surface area contributed by atoms with Gasteiger partial charge in [-0.2, -0.15) is 0 Å². The molecule has 1 fully saturated rings. The van der Waals surface area contributed by atoms with Gasteiger partial charge in [0.2, 0.25) is 5.91 Å². The van der Waals surface area contributed by atoms with E-state index in [2.05, 4.69) is 6.58 Å². The zero-order valence-electron chi connectivity index (χ0n) is 11.4. The Bertz CT molecular complexity index is 294. The van der Waals surface area contributed by atoms with Gasteiger partial charge in [0.15, 0.2) is 0 Å². The highest BCUT2D eigenvalue weighted by Gasteiger charge is 2.23. The number of carbonyl (C=O) groups excluding carboxylic acids is 1. The smallest absolute Gasteiger partial charge is 0.237 e. The van der Waals surface area contributed by atoms with Gasteiger partial charge in [-0.15, -0.1) is 0 Å². The molecule has 0 saturated carbocycles. The van der Waals surface area contributed by atoms with Gasteiger partial charge in [-0.1, -0.05) is 12.2 Å². The second kappa shape index (κ2) is 7.51. The Labute approximate surface area is 109 Å². The van der Waals surface area contributed by atoms with E-state index in [1.54, 1.807) is 4.90 Å². The molecule has 0 aliphatic carbocycles. The van der Waals surface area contributed by atoms with Crippen LogP contribution in [0.1, 0.15) is 13.8 Å². The standard InChI is InChI=1S/C13H24N2O3/c1-4-15(7-11(2)3)13(17)9-14-5-6-18-12(8-14)10-16/h12,16H,2,4-10H2,1,3H3. The quantitative estimate of drug-likeness (QED) is 0.685. The van der Waals surface area contributed by atoms with Crippen molar-refractivity contribution in [1.29, 1.82) is 0 Å². The Morgan fingerprint density at radius 2 is 2.33 bits per heavy atom. The number of likely N-dealkylation sites (N-methyl/N-ethyl adjacent to an activating group) is 1. The molecule has 5 nitrogen and oxygen atoms in total. The molecule has 18 heavy (non-hydrogen) atoms. The average molecular weight is 256 g/mol. The first-order chi connectivity index (χ1) is 8.56. The Balaban J connectivity index is 2.44. The number of aliphatic hydroxyl groups excluding tert-OH is 1. The van der Waals surface area contributed by atoms with Crippen molar-refractivity contribution >= 4 is 5.91 Å². The van der Waals surface area contributed by atoms with Crippen LogP contribution in [0.5, 0.6) is 0 Å². The molecule has 1 amide bonds. The first kappa shape index (κ1) is 15.1. The zero-order valence-corrected chi connectivity index (χ0v) is 11.4. The predicted octanol–water partition coefficient (Wildman–Crippen LogP) is 0.104. The van der Waals surface area contributed by atoms with Crippen molar-refractivity contribution in [2.75, 3.05) is 45.9 Å². The molecule has 1 atom stereocenters. The van der Waals surface area contributed by atoms with Crippen LogP contribution in [-0.2, 0) is 9.53 Å². The lowest BCUT2D eigenvalue weighted by atomic mass is 10.2. The summed E-state index contributed by atoms with van der Waals surface area (Å²) in [6.45, 7) is 11.4. The number of rotatable bonds is 6. The molecule has 1 aliphatic rings. The van der Waals surface area contributed by atoms with Crippen molar-refractivity contribution in [2.45, 2.75) is 20.0 Å². The van der Waals surface area contributed by atoms with Crippen molar-refractivity contribution in [3.8, 4) is 0 Å². The first-order valence-corrected chi connectivity index (χ1v) is 6.43. The van der Waals surface area contributed by atoms with E-state index in [4.69, 9.17) is 9.84 Å².